The first-order valence-corrected chi connectivity index (χ1v) is 10.1. The molecule has 1 aliphatic heterocycles. The van der Waals surface area contributed by atoms with Crippen LogP contribution in [0, 0.1) is 12.8 Å². The molecule has 154 valence electrons. The third-order valence-electron chi connectivity index (χ3n) is 5.48. The summed E-state index contributed by atoms with van der Waals surface area (Å²) in [5, 5.41) is 14.1. The maximum Gasteiger partial charge on any atom is 0.229 e. The van der Waals surface area contributed by atoms with Crippen molar-refractivity contribution in [3.8, 4) is 5.69 Å². The van der Waals surface area contributed by atoms with Crippen molar-refractivity contribution in [1.82, 2.24) is 25.1 Å². The van der Waals surface area contributed by atoms with Gasteiger partial charge in [0.2, 0.25) is 11.8 Å². The second kappa shape index (κ2) is 8.86. The molecule has 1 aromatic heterocycles. The Bertz CT molecular complexity index is 1030. The minimum absolute atomic E-state index is 0.0717. The number of hydrogen-bond acceptors (Lipinski definition) is 5. The summed E-state index contributed by atoms with van der Waals surface area (Å²) >= 11 is 0. The van der Waals surface area contributed by atoms with Gasteiger partial charge in [-0.1, -0.05) is 30.3 Å². The fourth-order valence-electron chi connectivity index (χ4n) is 3.75. The van der Waals surface area contributed by atoms with Gasteiger partial charge in [0.1, 0.15) is 6.33 Å². The average Bonchev–Trinajstić information content (AvgIpc) is 3.31. The van der Waals surface area contributed by atoms with Crippen molar-refractivity contribution in [2.24, 2.45) is 5.92 Å². The highest BCUT2D eigenvalue weighted by Crippen LogP contribution is 2.21. The predicted molar refractivity (Wildman–Crippen MR) is 112 cm³/mol. The standard InChI is InChI=1S/C22H24N6O2/c1-16-6-2-3-7-17(16)12-21(29)27-11-5-8-18(14-27)22(30)24-19-9-4-10-20(13-19)28-15-23-25-26-28/h2-4,6-7,9-10,13,15,18H,5,8,11-12,14H2,1H3,(H,24,30). The third kappa shape index (κ3) is 4.53. The minimum Gasteiger partial charge on any atom is -0.342 e. The first-order valence-electron chi connectivity index (χ1n) is 10.1. The Kier molecular flexibility index (Phi) is 5.83. The summed E-state index contributed by atoms with van der Waals surface area (Å²) in [6.07, 6.45) is 3.46. The normalized spacial score (nSPS) is 16.3. The topological polar surface area (TPSA) is 93.0 Å². The van der Waals surface area contributed by atoms with Crippen LogP contribution in [-0.2, 0) is 16.0 Å². The van der Waals surface area contributed by atoms with E-state index in [0.717, 1.165) is 29.7 Å². The number of nitrogens with zero attached hydrogens (tertiary/aromatic N) is 5. The summed E-state index contributed by atoms with van der Waals surface area (Å²) in [6.45, 7) is 3.16. The molecule has 3 aromatic rings. The van der Waals surface area contributed by atoms with E-state index in [1.165, 1.54) is 11.0 Å². The molecule has 1 unspecified atom stereocenters. The lowest BCUT2D eigenvalue weighted by atomic mass is 9.96. The molecule has 1 atom stereocenters. The summed E-state index contributed by atoms with van der Waals surface area (Å²) in [5.74, 6) is -0.226. The molecular formula is C22H24N6O2. The molecule has 4 rings (SSSR count). The lowest BCUT2D eigenvalue weighted by Gasteiger charge is -2.32. The molecule has 1 N–H and O–H groups in total. The first kappa shape index (κ1) is 19.8. The summed E-state index contributed by atoms with van der Waals surface area (Å²) in [7, 11) is 0. The molecular weight excluding hydrogens is 380 g/mol. The number of nitrogens with one attached hydrogen (secondary N) is 1. The fourth-order valence-corrected chi connectivity index (χ4v) is 3.75. The van der Waals surface area contributed by atoms with Crippen LogP contribution in [0.4, 0.5) is 5.69 Å². The summed E-state index contributed by atoms with van der Waals surface area (Å²) in [4.78, 5) is 27.5. The molecule has 0 saturated carbocycles. The van der Waals surface area contributed by atoms with Crippen LogP contribution in [0.2, 0.25) is 0 Å². The van der Waals surface area contributed by atoms with E-state index in [0.29, 0.717) is 25.2 Å². The van der Waals surface area contributed by atoms with Gasteiger partial charge < -0.3 is 10.2 Å². The smallest absolute Gasteiger partial charge is 0.229 e. The molecule has 8 heteroatoms. The van der Waals surface area contributed by atoms with E-state index in [4.69, 9.17) is 0 Å². The molecule has 2 heterocycles. The number of anilines is 1. The van der Waals surface area contributed by atoms with Crippen LogP contribution in [0.3, 0.4) is 0 Å². The van der Waals surface area contributed by atoms with E-state index in [1.54, 1.807) is 0 Å². The average molecular weight is 404 g/mol. The Morgan fingerprint density at radius 3 is 2.83 bits per heavy atom. The van der Waals surface area contributed by atoms with Crippen LogP contribution in [-0.4, -0.2) is 50.0 Å². The number of benzene rings is 2. The van der Waals surface area contributed by atoms with Crippen molar-refractivity contribution in [2.75, 3.05) is 18.4 Å². The van der Waals surface area contributed by atoms with Gasteiger partial charge in [-0.05, 0) is 59.5 Å². The fraction of sp³-hybridized carbons (Fsp3) is 0.318. The van der Waals surface area contributed by atoms with Crippen LogP contribution >= 0.6 is 0 Å². The molecule has 30 heavy (non-hydrogen) atoms. The van der Waals surface area contributed by atoms with Crippen molar-refractivity contribution < 1.29 is 9.59 Å². The van der Waals surface area contributed by atoms with Gasteiger partial charge in [-0.3, -0.25) is 9.59 Å². The largest absolute Gasteiger partial charge is 0.342 e. The number of tetrazole rings is 1. The van der Waals surface area contributed by atoms with E-state index in [2.05, 4.69) is 20.8 Å². The molecule has 0 bridgehead atoms. The van der Waals surface area contributed by atoms with Crippen LogP contribution in [0.1, 0.15) is 24.0 Å². The number of hydrogen-bond donors (Lipinski definition) is 1. The van der Waals surface area contributed by atoms with Crippen LogP contribution in [0.25, 0.3) is 5.69 Å². The zero-order valence-corrected chi connectivity index (χ0v) is 16.9. The number of rotatable bonds is 5. The van der Waals surface area contributed by atoms with Gasteiger partial charge in [-0.2, -0.15) is 0 Å². The van der Waals surface area contributed by atoms with Crippen LogP contribution in [0.15, 0.2) is 54.9 Å². The quantitative estimate of drug-likeness (QED) is 0.705. The van der Waals surface area contributed by atoms with Crippen molar-refractivity contribution in [3.05, 3.63) is 66.0 Å². The number of amides is 2. The van der Waals surface area contributed by atoms with Crippen LogP contribution < -0.4 is 5.32 Å². The maximum atomic E-state index is 12.8. The second-order valence-corrected chi connectivity index (χ2v) is 7.58. The second-order valence-electron chi connectivity index (χ2n) is 7.58. The van der Waals surface area contributed by atoms with Gasteiger partial charge >= 0.3 is 0 Å². The first-order chi connectivity index (χ1) is 14.6. The van der Waals surface area contributed by atoms with Crippen molar-refractivity contribution >= 4 is 17.5 Å². The van der Waals surface area contributed by atoms with E-state index in [1.807, 2.05) is 60.4 Å². The SMILES string of the molecule is Cc1ccccc1CC(=O)N1CCCC(C(=O)Nc2cccc(-n3cnnn3)c2)C1. The molecule has 8 nitrogen and oxygen atoms in total. The highest BCUT2D eigenvalue weighted by atomic mass is 16.2. The summed E-state index contributed by atoms with van der Waals surface area (Å²) < 4.78 is 1.53. The number of piperidine rings is 1. The van der Waals surface area contributed by atoms with Gasteiger partial charge in [0.25, 0.3) is 0 Å². The maximum absolute atomic E-state index is 12.8. The van der Waals surface area contributed by atoms with Gasteiger partial charge in [0, 0.05) is 18.8 Å². The van der Waals surface area contributed by atoms with Crippen molar-refractivity contribution in [2.45, 2.75) is 26.2 Å². The van der Waals surface area contributed by atoms with Gasteiger partial charge in [0.15, 0.2) is 0 Å². The zero-order chi connectivity index (χ0) is 20.9. The van der Waals surface area contributed by atoms with Crippen molar-refractivity contribution in [1.29, 1.82) is 0 Å². The Balaban J connectivity index is 1.38. The third-order valence-corrected chi connectivity index (χ3v) is 5.48. The number of carbonyl (C=O) groups is 2. The number of aromatic nitrogens is 4. The summed E-state index contributed by atoms with van der Waals surface area (Å²) in [5.41, 5.74) is 3.58. The number of likely N-dealkylation sites (tertiary alicyclic amines) is 1. The molecule has 1 fully saturated rings. The lowest BCUT2D eigenvalue weighted by Crippen LogP contribution is -2.44. The van der Waals surface area contributed by atoms with Gasteiger partial charge in [-0.15, -0.1) is 5.10 Å². The number of carbonyl (C=O) groups excluding carboxylic acids is 2. The van der Waals surface area contributed by atoms with Crippen LogP contribution in [0.5, 0.6) is 0 Å². The molecule has 0 aliphatic carbocycles. The van der Waals surface area contributed by atoms with E-state index in [-0.39, 0.29) is 17.7 Å². The predicted octanol–water partition coefficient (Wildman–Crippen LogP) is 2.39. The Morgan fingerprint density at radius 1 is 1.17 bits per heavy atom. The highest BCUT2D eigenvalue weighted by Gasteiger charge is 2.28. The summed E-state index contributed by atoms with van der Waals surface area (Å²) in [6, 6.07) is 15.3. The van der Waals surface area contributed by atoms with E-state index in [9.17, 15) is 9.59 Å². The van der Waals surface area contributed by atoms with Crippen molar-refractivity contribution in [3.63, 3.8) is 0 Å². The van der Waals surface area contributed by atoms with Gasteiger partial charge in [-0.25, -0.2) is 4.68 Å². The Labute approximate surface area is 174 Å². The highest BCUT2D eigenvalue weighted by molar-refractivity contribution is 5.93. The molecule has 2 amide bonds. The molecule has 0 radical (unpaired) electrons. The molecule has 1 aliphatic rings. The number of aryl methyl sites for hydroxylation is 1. The Morgan fingerprint density at radius 2 is 2.03 bits per heavy atom. The zero-order valence-electron chi connectivity index (χ0n) is 16.9. The lowest BCUT2D eigenvalue weighted by molar-refractivity contribution is -0.133. The van der Waals surface area contributed by atoms with E-state index >= 15 is 0 Å². The monoisotopic (exact) mass is 404 g/mol. The molecule has 1 saturated heterocycles. The van der Waals surface area contributed by atoms with Gasteiger partial charge in [0.05, 0.1) is 18.0 Å². The molecule has 2 aromatic carbocycles. The Hall–Kier alpha value is -3.55. The molecule has 0 spiro atoms. The minimum atomic E-state index is -0.226. The van der Waals surface area contributed by atoms with E-state index < -0.39 is 0 Å².